The summed E-state index contributed by atoms with van der Waals surface area (Å²) in [4.78, 5) is 2.74. The van der Waals surface area contributed by atoms with Crippen molar-refractivity contribution in [1.82, 2.24) is 10.2 Å². The van der Waals surface area contributed by atoms with Crippen LogP contribution in [0.2, 0.25) is 0 Å². The van der Waals surface area contributed by atoms with Crippen LogP contribution in [0.3, 0.4) is 0 Å². The molecule has 2 nitrogen and oxygen atoms in total. The Bertz CT molecular complexity index is 193. The normalized spacial score (nSPS) is 40.0. The van der Waals surface area contributed by atoms with Crippen LogP contribution in [0.25, 0.3) is 0 Å². The largest absolute Gasteiger partial charge is 0.312 e. The van der Waals surface area contributed by atoms with Crippen LogP contribution in [0.1, 0.15) is 46.0 Å². The summed E-state index contributed by atoms with van der Waals surface area (Å²) in [6, 6.07) is 1.58. The van der Waals surface area contributed by atoms with Crippen molar-refractivity contribution in [3.05, 3.63) is 0 Å². The van der Waals surface area contributed by atoms with Crippen molar-refractivity contribution in [2.24, 2.45) is 5.92 Å². The van der Waals surface area contributed by atoms with Gasteiger partial charge in [-0.2, -0.15) is 0 Å². The monoisotopic (exact) mass is 210 g/mol. The van der Waals surface area contributed by atoms with Crippen LogP contribution in [-0.2, 0) is 0 Å². The molecule has 2 aliphatic rings. The summed E-state index contributed by atoms with van der Waals surface area (Å²) >= 11 is 0. The molecule has 0 amide bonds. The van der Waals surface area contributed by atoms with Crippen LogP contribution in [0.4, 0.5) is 0 Å². The van der Waals surface area contributed by atoms with E-state index >= 15 is 0 Å². The van der Waals surface area contributed by atoms with E-state index in [0.29, 0.717) is 6.04 Å². The number of piperazine rings is 1. The standard InChI is InChI=1S/C13H26N2/c1-11-4-3-5-13(7-6-11)15-9-8-14-12(2)10-15/h11-14H,3-10H2,1-2H3. The fourth-order valence-corrected chi connectivity index (χ4v) is 3.13. The average Bonchev–Trinajstić information content (AvgIpc) is 2.43. The third-order valence-corrected chi connectivity index (χ3v) is 4.14. The van der Waals surface area contributed by atoms with Gasteiger partial charge >= 0.3 is 0 Å². The molecule has 1 aliphatic heterocycles. The highest BCUT2D eigenvalue weighted by atomic mass is 15.2. The molecule has 2 rings (SSSR count). The molecule has 1 heterocycles. The maximum Gasteiger partial charge on any atom is 0.0167 e. The lowest BCUT2D eigenvalue weighted by atomic mass is 10.0. The molecule has 1 saturated carbocycles. The summed E-state index contributed by atoms with van der Waals surface area (Å²) in [5, 5.41) is 3.53. The zero-order valence-corrected chi connectivity index (χ0v) is 10.3. The van der Waals surface area contributed by atoms with Gasteiger partial charge in [-0.05, 0) is 32.1 Å². The molecule has 0 aromatic carbocycles. The number of nitrogens with zero attached hydrogens (tertiary/aromatic N) is 1. The van der Waals surface area contributed by atoms with Crippen molar-refractivity contribution in [2.75, 3.05) is 19.6 Å². The van der Waals surface area contributed by atoms with E-state index in [-0.39, 0.29) is 0 Å². The van der Waals surface area contributed by atoms with E-state index in [2.05, 4.69) is 24.1 Å². The molecule has 0 aromatic rings. The predicted molar refractivity (Wildman–Crippen MR) is 65.1 cm³/mol. The molecule has 1 aliphatic carbocycles. The quantitative estimate of drug-likeness (QED) is 0.668. The molecule has 88 valence electrons. The summed E-state index contributed by atoms with van der Waals surface area (Å²) in [7, 11) is 0. The number of rotatable bonds is 1. The van der Waals surface area contributed by atoms with Crippen molar-refractivity contribution in [3.63, 3.8) is 0 Å². The third-order valence-electron chi connectivity index (χ3n) is 4.14. The van der Waals surface area contributed by atoms with Gasteiger partial charge < -0.3 is 5.32 Å². The minimum atomic E-state index is 0.694. The topological polar surface area (TPSA) is 15.3 Å². The second-order valence-electron chi connectivity index (χ2n) is 5.62. The smallest absolute Gasteiger partial charge is 0.0167 e. The SMILES string of the molecule is CC1CCCC(N2CCNC(C)C2)CC1. The summed E-state index contributed by atoms with van der Waals surface area (Å²) in [5.74, 6) is 0.968. The highest BCUT2D eigenvalue weighted by Gasteiger charge is 2.25. The molecule has 1 saturated heterocycles. The highest BCUT2D eigenvalue weighted by molar-refractivity contribution is 4.82. The molecular formula is C13H26N2. The number of nitrogens with one attached hydrogen (secondary N) is 1. The average molecular weight is 210 g/mol. The van der Waals surface area contributed by atoms with E-state index in [1.54, 1.807) is 0 Å². The lowest BCUT2D eigenvalue weighted by molar-refractivity contribution is 0.135. The van der Waals surface area contributed by atoms with Gasteiger partial charge in [0.2, 0.25) is 0 Å². The first-order valence-corrected chi connectivity index (χ1v) is 6.73. The third kappa shape index (κ3) is 3.18. The summed E-state index contributed by atoms with van der Waals surface area (Å²) in [6.45, 7) is 8.45. The maximum atomic E-state index is 3.53. The first-order chi connectivity index (χ1) is 7.25. The van der Waals surface area contributed by atoms with E-state index in [1.807, 2.05) is 0 Å². The molecule has 3 atom stereocenters. The van der Waals surface area contributed by atoms with Gasteiger partial charge in [-0.3, -0.25) is 4.90 Å². The van der Waals surface area contributed by atoms with Crippen LogP contribution in [0, 0.1) is 5.92 Å². The number of hydrogen-bond acceptors (Lipinski definition) is 2. The minimum Gasteiger partial charge on any atom is -0.312 e. The Labute approximate surface area is 94.4 Å². The minimum absolute atomic E-state index is 0.694. The molecule has 1 N–H and O–H groups in total. The van der Waals surface area contributed by atoms with E-state index in [4.69, 9.17) is 0 Å². The van der Waals surface area contributed by atoms with Crippen molar-refractivity contribution in [3.8, 4) is 0 Å². The van der Waals surface area contributed by atoms with E-state index in [1.165, 1.54) is 51.7 Å². The Kier molecular flexibility index (Phi) is 4.04. The molecule has 2 heteroatoms. The molecule has 0 radical (unpaired) electrons. The van der Waals surface area contributed by atoms with Gasteiger partial charge in [0.25, 0.3) is 0 Å². The molecule has 0 spiro atoms. The molecular weight excluding hydrogens is 184 g/mol. The fraction of sp³-hybridized carbons (Fsp3) is 1.00. The van der Waals surface area contributed by atoms with E-state index in [9.17, 15) is 0 Å². The van der Waals surface area contributed by atoms with Gasteiger partial charge in [-0.15, -0.1) is 0 Å². The Morgan fingerprint density at radius 3 is 2.73 bits per heavy atom. The van der Waals surface area contributed by atoms with Crippen LogP contribution in [0.5, 0.6) is 0 Å². The van der Waals surface area contributed by atoms with Gasteiger partial charge in [0.15, 0.2) is 0 Å². The molecule has 2 fully saturated rings. The van der Waals surface area contributed by atoms with Gasteiger partial charge in [-0.1, -0.05) is 19.8 Å². The van der Waals surface area contributed by atoms with Crippen molar-refractivity contribution in [1.29, 1.82) is 0 Å². The molecule has 3 unspecified atom stereocenters. The van der Waals surface area contributed by atoms with Crippen molar-refractivity contribution in [2.45, 2.75) is 58.0 Å². The second kappa shape index (κ2) is 5.31. The molecule has 0 aromatic heterocycles. The van der Waals surface area contributed by atoms with Gasteiger partial charge in [0, 0.05) is 31.7 Å². The van der Waals surface area contributed by atoms with Crippen LogP contribution < -0.4 is 5.32 Å². The summed E-state index contributed by atoms with van der Waals surface area (Å²) in [5.41, 5.74) is 0. The highest BCUT2D eigenvalue weighted by Crippen LogP contribution is 2.26. The predicted octanol–water partition coefficient (Wildman–Crippen LogP) is 2.25. The van der Waals surface area contributed by atoms with Gasteiger partial charge in [-0.25, -0.2) is 0 Å². The zero-order valence-electron chi connectivity index (χ0n) is 10.3. The Balaban J connectivity index is 1.85. The van der Waals surface area contributed by atoms with E-state index < -0.39 is 0 Å². The lowest BCUT2D eigenvalue weighted by Gasteiger charge is -2.37. The summed E-state index contributed by atoms with van der Waals surface area (Å²) < 4.78 is 0. The van der Waals surface area contributed by atoms with Gasteiger partial charge in [0.1, 0.15) is 0 Å². The second-order valence-corrected chi connectivity index (χ2v) is 5.62. The first-order valence-electron chi connectivity index (χ1n) is 6.73. The Morgan fingerprint density at radius 2 is 1.93 bits per heavy atom. The van der Waals surface area contributed by atoms with Gasteiger partial charge in [0.05, 0.1) is 0 Å². The van der Waals surface area contributed by atoms with Crippen LogP contribution >= 0.6 is 0 Å². The van der Waals surface area contributed by atoms with E-state index in [0.717, 1.165) is 12.0 Å². The fourth-order valence-electron chi connectivity index (χ4n) is 3.13. The maximum absolute atomic E-state index is 3.53. The Hall–Kier alpha value is -0.0800. The number of hydrogen-bond donors (Lipinski definition) is 1. The van der Waals surface area contributed by atoms with Crippen LogP contribution in [-0.4, -0.2) is 36.6 Å². The van der Waals surface area contributed by atoms with Crippen LogP contribution in [0.15, 0.2) is 0 Å². The van der Waals surface area contributed by atoms with Crippen molar-refractivity contribution < 1.29 is 0 Å². The summed E-state index contributed by atoms with van der Waals surface area (Å²) in [6.07, 6.45) is 7.23. The lowest BCUT2D eigenvalue weighted by Crippen LogP contribution is -2.52. The van der Waals surface area contributed by atoms with Crippen molar-refractivity contribution >= 4 is 0 Å². The molecule has 0 bridgehead atoms. The Morgan fingerprint density at radius 1 is 1.07 bits per heavy atom. The first kappa shape index (κ1) is 11.4. The molecule has 15 heavy (non-hydrogen) atoms. The zero-order chi connectivity index (χ0) is 10.7.